The number of rotatable bonds is 6. The summed E-state index contributed by atoms with van der Waals surface area (Å²) in [5.41, 5.74) is 2.86. The molecule has 2 rings (SSSR count). The Hall–Kier alpha value is -2.61. The monoisotopic (exact) mass is 376 g/mol. The van der Waals surface area contributed by atoms with Crippen LogP contribution in [0.5, 0.6) is 0 Å². The maximum Gasteiger partial charge on any atom is 0.409 e. The molecular weight excluding hydrogens is 348 g/mol. The Morgan fingerprint density at radius 3 is 2.44 bits per heavy atom. The van der Waals surface area contributed by atoms with Crippen LogP contribution in [-0.4, -0.2) is 73.6 Å². The van der Waals surface area contributed by atoms with Crippen molar-refractivity contribution < 1.29 is 19.1 Å². The van der Waals surface area contributed by atoms with Crippen molar-refractivity contribution in [3.8, 4) is 0 Å². The zero-order chi connectivity index (χ0) is 19.8. The number of ether oxygens (including phenoxy) is 1. The number of hydrogen-bond donors (Lipinski definition) is 2. The molecule has 3 amide bonds. The van der Waals surface area contributed by atoms with Gasteiger partial charge in [-0.25, -0.2) is 4.79 Å². The fourth-order valence-electron chi connectivity index (χ4n) is 2.82. The average molecular weight is 376 g/mol. The smallest absolute Gasteiger partial charge is 0.409 e. The molecule has 8 nitrogen and oxygen atoms in total. The molecule has 1 aromatic carbocycles. The van der Waals surface area contributed by atoms with Crippen molar-refractivity contribution in [2.45, 2.75) is 20.8 Å². The molecule has 1 heterocycles. The van der Waals surface area contributed by atoms with Crippen LogP contribution in [0.25, 0.3) is 0 Å². The Bertz CT molecular complexity index is 684. The van der Waals surface area contributed by atoms with Crippen molar-refractivity contribution in [1.82, 2.24) is 15.1 Å². The fraction of sp³-hybridized carbons (Fsp3) is 0.526. The Balaban J connectivity index is 1.70. The predicted molar refractivity (Wildman–Crippen MR) is 103 cm³/mol. The van der Waals surface area contributed by atoms with Gasteiger partial charge in [-0.2, -0.15) is 0 Å². The Kier molecular flexibility index (Phi) is 7.60. The van der Waals surface area contributed by atoms with Crippen LogP contribution >= 0.6 is 0 Å². The molecule has 0 atom stereocenters. The third-order valence-corrected chi connectivity index (χ3v) is 4.59. The summed E-state index contributed by atoms with van der Waals surface area (Å²) in [6, 6.07) is 5.70. The lowest BCUT2D eigenvalue weighted by Crippen LogP contribution is -2.51. The zero-order valence-electron chi connectivity index (χ0n) is 16.2. The number of hydrogen-bond acceptors (Lipinski definition) is 5. The molecule has 1 fully saturated rings. The first-order valence-corrected chi connectivity index (χ1v) is 9.17. The minimum Gasteiger partial charge on any atom is -0.450 e. The van der Waals surface area contributed by atoms with Crippen molar-refractivity contribution >= 4 is 23.6 Å². The number of nitrogens with zero attached hydrogens (tertiary/aromatic N) is 2. The Labute approximate surface area is 159 Å². The first-order chi connectivity index (χ1) is 12.9. The first-order valence-electron chi connectivity index (χ1n) is 9.17. The quantitative estimate of drug-likeness (QED) is 0.777. The van der Waals surface area contributed by atoms with Gasteiger partial charge in [0.15, 0.2) is 0 Å². The second-order valence-electron chi connectivity index (χ2n) is 6.53. The minimum atomic E-state index is -0.315. The molecular formula is C19H28N4O4. The molecule has 0 spiro atoms. The number of aryl methyl sites for hydroxylation is 1. The van der Waals surface area contributed by atoms with E-state index in [1.807, 2.05) is 36.9 Å². The van der Waals surface area contributed by atoms with Gasteiger partial charge in [0.1, 0.15) is 0 Å². The third kappa shape index (κ3) is 6.25. The van der Waals surface area contributed by atoms with Crippen molar-refractivity contribution in [2.24, 2.45) is 0 Å². The van der Waals surface area contributed by atoms with Gasteiger partial charge in [-0.05, 0) is 38.0 Å². The highest BCUT2D eigenvalue weighted by atomic mass is 16.6. The van der Waals surface area contributed by atoms with Crippen LogP contribution in [0.4, 0.5) is 10.5 Å². The highest BCUT2D eigenvalue weighted by Crippen LogP contribution is 2.17. The molecule has 148 valence electrons. The molecule has 2 N–H and O–H groups in total. The van der Waals surface area contributed by atoms with E-state index in [0.717, 1.165) is 16.8 Å². The maximum absolute atomic E-state index is 12.1. The lowest BCUT2D eigenvalue weighted by molar-refractivity contribution is -0.125. The van der Waals surface area contributed by atoms with Crippen LogP contribution in [0.15, 0.2) is 18.2 Å². The normalized spacial score (nSPS) is 14.6. The van der Waals surface area contributed by atoms with Crippen LogP contribution in [0.3, 0.4) is 0 Å². The van der Waals surface area contributed by atoms with Gasteiger partial charge in [0.25, 0.3) is 0 Å². The number of anilines is 1. The second-order valence-corrected chi connectivity index (χ2v) is 6.53. The number of amides is 3. The molecule has 0 saturated carbocycles. The largest absolute Gasteiger partial charge is 0.450 e. The summed E-state index contributed by atoms with van der Waals surface area (Å²) < 4.78 is 4.97. The molecule has 1 saturated heterocycles. The Morgan fingerprint density at radius 1 is 1.07 bits per heavy atom. The van der Waals surface area contributed by atoms with Gasteiger partial charge in [-0.1, -0.05) is 12.1 Å². The van der Waals surface area contributed by atoms with E-state index < -0.39 is 0 Å². The average Bonchev–Trinajstić information content (AvgIpc) is 2.64. The van der Waals surface area contributed by atoms with Crippen LogP contribution < -0.4 is 10.6 Å². The van der Waals surface area contributed by atoms with Gasteiger partial charge in [-0.3, -0.25) is 14.5 Å². The highest BCUT2D eigenvalue weighted by molar-refractivity contribution is 5.95. The van der Waals surface area contributed by atoms with E-state index in [2.05, 4.69) is 10.6 Å². The maximum atomic E-state index is 12.1. The summed E-state index contributed by atoms with van der Waals surface area (Å²) in [6.07, 6.45) is -0.315. The van der Waals surface area contributed by atoms with Gasteiger partial charge in [-0.15, -0.1) is 0 Å². The topological polar surface area (TPSA) is 91.0 Å². The number of piperazine rings is 1. The molecule has 0 bridgehead atoms. The highest BCUT2D eigenvalue weighted by Gasteiger charge is 2.23. The summed E-state index contributed by atoms with van der Waals surface area (Å²) in [7, 11) is 0. The molecule has 0 unspecified atom stereocenters. The molecule has 1 aliphatic rings. The Morgan fingerprint density at radius 2 is 1.78 bits per heavy atom. The van der Waals surface area contributed by atoms with E-state index in [4.69, 9.17) is 4.74 Å². The van der Waals surface area contributed by atoms with Crippen molar-refractivity contribution in [3.63, 3.8) is 0 Å². The first kappa shape index (κ1) is 20.7. The molecule has 1 aliphatic heterocycles. The fourth-order valence-corrected chi connectivity index (χ4v) is 2.82. The lowest BCUT2D eigenvalue weighted by Gasteiger charge is -2.33. The SMILES string of the molecule is CCOC(=O)N1CCN(CC(=O)NCC(=O)Nc2cccc(C)c2C)CC1. The molecule has 0 aromatic heterocycles. The van der Waals surface area contributed by atoms with E-state index in [1.54, 1.807) is 11.8 Å². The number of carbonyl (C=O) groups is 3. The molecule has 27 heavy (non-hydrogen) atoms. The summed E-state index contributed by atoms with van der Waals surface area (Å²) in [5.74, 6) is -0.472. The number of nitrogens with one attached hydrogen (secondary N) is 2. The van der Waals surface area contributed by atoms with Gasteiger partial charge in [0, 0.05) is 31.9 Å². The van der Waals surface area contributed by atoms with E-state index in [1.165, 1.54) is 0 Å². The van der Waals surface area contributed by atoms with E-state index in [-0.39, 0.29) is 31.0 Å². The van der Waals surface area contributed by atoms with Crippen molar-refractivity contribution in [3.05, 3.63) is 29.3 Å². The number of benzene rings is 1. The second kappa shape index (κ2) is 9.91. The van der Waals surface area contributed by atoms with E-state index in [0.29, 0.717) is 32.8 Å². The van der Waals surface area contributed by atoms with Gasteiger partial charge < -0.3 is 20.3 Å². The molecule has 8 heteroatoms. The summed E-state index contributed by atoms with van der Waals surface area (Å²) >= 11 is 0. The molecule has 0 radical (unpaired) electrons. The van der Waals surface area contributed by atoms with Crippen LogP contribution in [-0.2, 0) is 14.3 Å². The molecule has 0 aliphatic carbocycles. The predicted octanol–water partition coefficient (Wildman–Crippen LogP) is 1.13. The van der Waals surface area contributed by atoms with Gasteiger partial charge in [0.05, 0.1) is 19.7 Å². The van der Waals surface area contributed by atoms with Crippen LogP contribution in [0.2, 0.25) is 0 Å². The summed E-state index contributed by atoms with van der Waals surface area (Å²) in [5, 5.41) is 5.46. The third-order valence-electron chi connectivity index (χ3n) is 4.59. The van der Waals surface area contributed by atoms with Crippen molar-refractivity contribution in [1.29, 1.82) is 0 Å². The summed E-state index contributed by atoms with van der Waals surface area (Å²) in [4.78, 5) is 39.4. The number of carbonyl (C=O) groups excluding carboxylic acids is 3. The van der Waals surface area contributed by atoms with Crippen LogP contribution in [0.1, 0.15) is 18.1 Å². The van der Waals surface area contributed by atoms with Crippen LogP contribution in [0, 0.1) is 13.8 Å². The van der Waals surface area contributed by atoms with E-state index in [9.17, 15) is 14.4 Å². The lowest BCUT2D eigenvalue weighted by atomic mass is 10.1. The van der Waals surface area contributed by atoms with Gasteiger partial charge >= 0.3 is 6.09 Å². The molecule has 1 aromatic rings. The van der Waals surface area contributed by atoms with Crippen molar-refractivity contribution in [2.75, 3.05) is 51.2 Å². The minimum absolute atomic E-state index is 0.0744. The zero-order valence-corrected chi connectivity index (χ0v) is 16.2. The van der Waals surface area contributed by atoms with E-state index >= 15 is 0 Å². The summed E-state index contributed by atoms with van der Waals surface area (Å²) in [6.45, 7) is 8.43. The standard InChI is InChI=1S/C19H28N4O4/c1-4-27-19(26)23-10-8-22(9-11-23)13-18(25)20-12-17(24)21-16-7-5-6-14(2)15(16)3/h5-7H,4,8-13H2,1-3H3,(H,20,25)(H,21,24). The van der Waals surface area contributed by atoms with Gasteiger partial charge in [0.2, 0.25) is 11.8 Å².